The topological polar surface area (TPSA) is 63.4 Å². The molecule has 0 aliphatic heterocycles. The summed E-state index contributed by atoms with van der Waals surface area (Å²) in [6.07, 6.45) is 4.73. The Kier molecular flexibility index (Phi) is 4.09. The van der Waals surface area contributed by atoms with Crippen molar-refractivity contribution in [2.45, 2.75) is 26.2 Å². The van der Waals surface area contributed by atoms with Crippen molar-refractivity contribution in [1.29, 1.82) is 0 Å². The molecule has 0 aromatic heterocycles. The summed E-state index contributed by atoms with van der Waals surface area (Å²) < 4.78 is 0. The maximum Gasteiger partial charge on any atom is 0.269 e. The second kappa shape index (κ2) is 5.34. The van der Waals surface area contributed by atoms with Crippen molar-refractivity contribution in [2.75, 3.05) is 0 Å². The Labute approximate surface area is 88.7 Å². The number of benzene rings is 1. The van der Waals surface area contributed by atoms with Crippen molar-refractivity contribution in [1.82, 2.24) is 0 Å². The highest BCUT2D eigenvalue weighted by Crippen LogP contribution is 2.25. The lowest BCUT2D eigenvalue weighted by Crippen LogP contribution is -1.90. The van der Waals surface area contributed by atoms with E-state index in [0.29, 0.717) is 5.56 Å². The van der Waals surface area contributed by atoms with Crippen LogP contribution in [0.2, 0.25) is 0 Å². The highest BCUT2D eigenvalue weighted by atomic mass is 16.6. The fraction of sp³-hybridized carbons (Fsp3) is 0.364. The van der Waals surface area contributed by atoms with Gasteiger partial charge in [0.15, 0.2) is 0 Å². The minimum atomic E-state index is -0.462. The minimum Gasteiger partial charge on any atom is -0.508 e. The van der Waals surface area contributed by atoms with E-state index in [1.54, 1.807) is 0 Å². The van der Waals surface area contributed by atoms with Gasteiger partial charge in [0.2, 0.25) is 0 Å². The molecular formula is C11H14NO3. The van der Waals surface area contributed by atoms with Gasteiger partial charge in [0.25, 0.3) is 5.69 Å². The number of hydrogen-bond acceptors (Lipinski definition) is 3. The molecule has 1 N–H and O–H groups in total. The molecule has 1 aromatic rings. The summed E-state index contributed by atoms with van der Waals surface area (Å²) in [5.41, 5.74) is 0.549. The van der Waals surface area contributed by atoms with Crippen LogP contribution in [0, 0.1) is 16.5 Å². The second-order valence-electron chi connectivity index (χ2n) is 3.35. The number of nitrogens with zero attached hydrogens (tertiary/aromatic N) is 1. The van der Waals surface area contributed by atoms with Crippen molar-refractivity contribution in [3.63, 3.8) is 0 Å². The predicted octanol–water partition coefficient (Wildman–Crippen LogP) is 3.04. The molecule has 0 bridgehead atoms. The minimum absolute atomic E-state index is 0.00977. The molecule has 0 spiro atoms. The summed E-state index contributed by atoms with van der Waals surface area (Å²) in [5, 5.41) is 20.0. The van der Waals surface area contributed by atoms with Crippen LogP contribution in [0.3, 0.4) is 0 Å². The van der Waals surface area contributed by atoms with Crippen molar-refractivity contribution >= 4 is 5.69 Å². The van der Waals surface area contributed by atoms with Crippen LogP contribution in [0.1, 0.15) is 31.7 Å². The molecule has 81 valence electrons. The van der Waals surface area contributed by atoms with Gasteiger partial charge in [0.1, 0.15) is 5.75 Å². The van der Waals surface area contributed by atoms with E-state index in [4.69, 9.17) is 0 Å². The highest BCUT2D eigenvalue weighted by molar-refractivity contribution is 5.46. The average Bonchev–Trinajstić information content (AvgIpc) is 2.20. The van der Waals surface area contributed by atoms with Crippen LogP contribution in [0.5, 0.6) is 5.75 Å². The van der Waals surface area contributed by atoms with Crippen molar-refractivity contribution < 1.29 is 10.0 Å². The van der Waals surface area contributed by atoms with Crippen LogP contribution in [0.25, 0.3) is 0 Å². The number of rotatable bonds is 5. The Bertz CT molecular complexity index is 350. The third-order valence-corrected chi connectivity index (χ3v) is 2.14. The van der Waals surface area contributed by atoms with Crippen LogP contribution in [0.15, 0.2) is 18.2 Å². The smallest absolute Gasteiger partial charge is 0.269 e. The van der Waals surface area contributed by atoms with Gasteiger partial charge in [0.05, 0.1) is 4.92 Å². The first kappa shape index (κ1) is 11.5. The van der Waals surface area contributed by atoms with Gasteiger partial charge in [-0.15, -0.1) is 0 Å². The number of hydrogen-bond donors (Lipinski definition) is 1. The van der Waals surface area contributed by atoms with Crippen molar-refractivity contribution in [2.24, 2.45) is 0 Å². The van der Waals surface area contributed by atoms with Crippen LogP contribution in [-0.2, 0) is 0 Å². The van der Waals surface area contributed by atoms with E-state index >= 15 is 0 Å². The zero-order chi connectivity index (χ0) is 11.3. The largest absolute Gasteiger partial charge is 0.508 e. The summed E-state index contributed by atoms with van der Waals surface area (Å²) in [7, 11) is 0. The first-order valence-electron chi connectivity index (χ1n) is 4.95. The molecule has 0 saturated carbocycles. The quantitative estimate of drug-likeness (QED) is 0.459. The van der Waals surface area contributed by atoms with E-state index in [1.807, 2.05) is 6.42 Å². The standard InChI is InChI=1S/C11H14NO3/c1-2-3-4-5-9-8-10(12(14)15)6-7-11(9)13/h5-8,13H,2-4H2,1H3. The fourth-order valence-corrected chi connectivity index (χ4v) is 1.28. The van der Waals surface area contributed by atoms with Crippen LogP contribution in [0.4, 0.5) is 5.69 Å². The van der Waals surface area contributed by atoms with E-state index in [1.165, 1.54) is 18.2 Å². The van der Waals surface area contributed by atoms with E-state index in [9.17, 15) is 15.2 Å². The maximum absolute atomic E-state index is 10.5. The molecule has 1 aromatic carbocycles. The van der Waals surface area contributed by atoms with E-state index in [-0.39, 0.29) is 11.4 Å². The summed E-state index contributed by atoms with van der Waals surface area (Å²) in [6, 6.07) is 4.05. The molecule has 0 atom stereocenters. The van der Waals surface area contributed by atoms with E-state index < -0.39 is 4.92 Å². The summed E-state index contributed by atoms with van der Waals surface area (Å²) >= 11 is 0. The van der Waals surface area contributed by atoms with Gasteiger partial charge in [-0.3, -0.25) is 10.1 Å². The average molecular weight is 208 g/mol. The zero-order valence-corrected chi connectivity index (χ0v) is 8.64. The highest BCUT2D eigenvalue weighted by Gasteiger charge is 2.09. The lowest BCUT2D eigenvalue weighted by Gasteiger charge is -2.03. The first-order chi connectivity index (χ1) is 7.15. The van der Waals surface area contributed by atoms with Crippen LogP contribution < -0.4 is 0 Å². The Morgan fingerprint density at radius 2 is 2.27 bits per heavy atom. The molecule has 0 amide bonds. The van der Waals surface area contributed by atoms with Gasteiger partial charge in [-0.05, 0) is 18.9 Å². The number of nitro groups is 1. The Morgan fingerprint density at radius 1 is 1.53 bits per heavy atom. The van der Waals surface area contributed by atoms with Crippen molar-refractivity contribution in [3.05, 3.63) is 40.3 Å². The number of phenols is 1. The molecule has 0 saturated heterocycles. The van der Waals surface area contributed by atoms with Gasteiger partial charge in [-0.2, -0.15) is 0 Å². The molecule has 0 aliphatic rings. The molecule has 1 rings (SSSR count). The SMILES string of the molecule is CCCC[CH]c1cc([N+](=O)[O-])ccc1O. The van der Waals surface area contributed by atoms with Gasteiger partial charge in [0, 0.05) is 17.7 Å². The van der Waals surface area contributed by atoms with Gasteiger partial charge >= 0.3 is 0 Å². The normalized spacial score (nSPS) is 10.2. The predicted molar refractivity (Wildman–Crippen MR) is 57.7 cm³/mol. The second-order valence-corrected chi connectivity index (χ2v) is 3.35. The van der Waals surface area contributed by atoms with Crippen LogP contribution >= 0.6 is 0 Å². The van der Waals surface area contributed by atoms with Gasteiger partial charge in [-0.1, -0.05) is 19.8 Å². The monoisotopic (exact) mass is 208 g/mol. The Hall–Kier alpha value is -1.58. The summed E-state index contributed by atoms with van der Waals surface area (Å²) in [6.45, 7) is 2.07. The number of unbranched alkanes of at least 4 members (excludes halogenated alkanes) is 2. The number of phenolic OH excluding ortho intramolecular Hbond substituents is 1. The first-order valence-corrected chi connectivity index (χ1v) is 4.95. The molecule has 0 unspecified atom stereocenters. The molecular weight excluding hydrogens is 194 g/mol. The zero-order valence-electron chi connectivity index (χ0n) is 8.64. The van der Waals surface area contributed by atoms with Crippen molar-refractivity contribution in [3.8, 4) is 5.75 Å². The molecule has 15 heavy (non-hydrogen) atoms. The molecule has 4 nitrogen and oxygen atoms in total. The third kappa shape index (κ3) is 3.23. The number of aromatic hydroxyl groups is 1. The lowest BCUT2D eigenvalue weighted by molar-refractivity contribution is -0.384. The van der Waals surface area contributed by atoms with Crippen LogP contribution in [-0.4, -0.2) is 10.0 Å². The summed E-state index contributed by atoms with van der Waals surface area (Å²) in [4.78, 5) is 10.0. The fourth-order valence-electron chi connectivity index (χ4n) is 1.28. The number of nitro benzene ring substituents is 1. The van der Waals surface area contributed by atoms with Gasteiger partial charge in [-0.25, -0.2) is 0 Å². The lowest BCUT2D eigenvalue weighted by atomic mass is 10.1. The summed E-state index contributed by atoms with van der Waals surface area (Å²) in [5.74, 6) is 0.0942. The molecule has 0 aliphatic carbocycles. The molecule has 1 radical (unpaired) electrons. The molecule has 0 fully saturated rings. The molecule has 4 heteroatoms. The third-order valence-electron chi connectivity index (χ3n) is 2.14. The van der Waals surface area contributed by atoms with E-state index in [2.05, 4.69) is 6.92 Å². The maximum atomic E-state index is 10.5. The van der Waals surface area contributed by atoms with E-state index in [0.717, 1.165) is 19.3 Å². The Balaban J connectivity index is 2.76. The molecule has 0 heterocycles. The Morgan fingerprint density at radius 3 is 2.87 bits per heavy atom. The van der Waals surface area contributed by atoms with Gasteiger partial charge < -0.3 is 5.11 Å². The number of non-ortho nitro benzene ring substituents is 1.